The van der Waals surface area contributed by atoms with Crippen LogP contribution in [-0.4, -0.2) is 25.3 Å². The van der Waals surface area contributed by atoms with Crippen LogP contribution in [0.4, 0.5) is 0 Å². The van der Waals surface area contributed by atoms with E-state index in [0.29, 0.717) is 11.4 Å². The first-order chi connectivity index (χ1) is 9.59. The molecule has 20 heavy (non-hydrogen) atoms. The third-order valence-electron chi connectivity index (χ3n) is 3.98. The quantitative estimate of drug-likeness (QED) is 0.754. The van der Waals surface area contributed by atoms with Gasteiger partial charge < -0.3 is 0 Å². The maximum absolute atomic E-state index is 12.8. The Morgan fingerprint density at radius 3 is 2.35 bits per heavy atom. The lowest BCUT2D eigenvalue weighted by Gasteiger charge is -2.27. The molecular formula is C16H23NO2S. The van der Waals surface area contributed by atoms with E-state index in [1.54, 1.807) is 22.5 Å². The van der Waals surface area contributed by atoms with Gasteiger partial charge in [-0.25, -0.2) is 8.42 Å². The maximum atomic E-state index is 12.8. The molecule has 1 aliphatic carbocycles. The average molecular weight is 293 g/mol. The van der Waals surface area contributed by atoms with Gasteiger partial charge >= 0.3 is 0 Å². The molecule has 0 radical (unpaired) electrons. The molecule has 3 nitrogen and oxygen atoms in total. The molecule has 0 bridgehead atoms. The van der Waals surface area contributed by atoms with E-state index in [1.165, 1.54) is 0 Å². The Kier molecular flexibility index (Phi) is 5.00. The highest BCUT2D eigenvalue weighted by Crippen LogP contribution is 2.28. The van der Waals surface area contributed by atoms with Gasteiger partial charge in [-0.1, -0.05) is 38.0 Å². The topological polar surface area (TPSA) is 37.4 Å². The van der Waals surface area contributed by atoms with Gasteiger partial charge in [0.05, 0.1) is 4.90 Å². The van der Waals surface area contributed by atoms with Crippen molar-refractivity contribution in [2.75, 3.05) is 6.54 Å². The van der Waals surface area contributed by atoms with Crippen LogP contribution in [0, 0.1) is 0 Å². The molecule has 1 aromatic carbocycles. The molecule has 0 saturated heterocycles. The minimum atomic E-state index is -3.41. The van der Waals surface area contributed by atoms with Crippen LogP contribution in [0.15, 0.2) is 41.8 Å². The second kappa shape index (κ2) is 6.55. The van der Waals surface area contributed by atoms with Gasteiger partial charge in [0.2, 0.25) is 10.0 Å². The van der Waals surface area contributed by atoms with Crippen LogP contribution in [0.1, 0.15) is 38.2 Å². The van der Waals surface area contributed by atoms with E-state index >= 15 is 0 Å². The summed E-state index contributed by atoms with van der Waals surface area (Å²) in [5.41, 5.74) is 1.15. The van der Waals surface area contributed by atoms with Crippen LogP contribution in [0.25, 0.3) is 0 Å². The van der Waals surface area contributed by atoms with Crippen LogP contribution < -0.4 is 0 Å². The highest BCUT2D eigenvalue weighted by atomic mass is 32.2. The number of nitrogens with zero attached hydrogens (tertiary/aromatic N) is 1. The molecule has 4 heteroatoms. The molecule has 1 fully saturated rings. The molecule has 1 aliphatic rings. The molecule has 1 aromatic rings. The molecule has 1 saturated carbocycles. The van der Waals surface area contributed by atoms with Gasteiger partial charge in [0, 0.05) is 12.6 Å². The molecule has 0 spiro atoms. The molecule has 0 aromatic heterocycles. The zero-order valence-electron chi connectivity index (χ0n) is 12.1. The van der Waals surface area contributed by atoms with Crippen molar-refractivity contribution in [3.05, 3.63) is 42.5 Å². The molecule has 0 N–H and O–H groups in total. The van der Waals surface area contributed by atoms with Crippen molar-refractivity contribution in [2.24, 2.45) is 0 Å². The van der Waals surface area contributed by atoms with Crippen molar-refractivity contribution >= 4 is 10.0 Å². The van der Waals surface area contributed by atoms with Crippen LogP contribution in [-0.2, 0) is 16.4 Å². The smallest absolute Gasteiger partial charge is 0.207 e. The monoisotopic (exact) mass is 293 g/mol. The Balaban J connectivity index is 2.30. The van der Waals surface area contributed by atoms with Gasteiger partial charge in [-0.15, -0.1) is 6.58 Å². The Hall–Kier alpha value is -1.13. The van der Waals surface area contributed by atoms with E-state index in [1.807, 2.05) is 12.1 Å². The van der Waals surface area contributed by atoms with Crippen LogP contribution >= 0.6 is 0 Å². The summed E-state index contributed by atoms with van der Waals surface area (Å²) < 4.78 is 27.2. The summed E-state index contributed by atoms with van der Waals surface area (Å²) >= 11 is 0. The summed E-state index contributed by atoms with van der Waals surface area (Å²) in [5.74, 6) is 0. The lowest BCUT2D eigenvalue weighted by molar-refractivity contribution is 0.347. The lowest BCUT2D eigenvalue weighted by Crippen LogP contribution is -2.38. The lowest BCUT2D eigenvalue weighted by atomic mass is 10.2. The van der Waals surface area contributed by atoms with Gasteiger partial charge in [0.1, 0.15) is 0 Å². The van der Waals surface area contributed by atoms with Crippen molar-refractivity contribution < 1.29 is 8.42 Å². The predicted octanol–water partition coefficient (Wildman–Crippen LogP) is 3.37. The molecule has 0 atom stereocenters. The fourth-order valence-electron chi connectivity index (χ4n) is 2.80. The first kappa shape index (κ1) is 15.3. The largest absolute Gasteiger partial charge is 0.243 e. The van der Waals surface area contributed by atoms with E-state index in [4.69, 9.17) is 0 Å². The molecule has 110 valence electrons. The van der Waals surface area contributed by atoms with E-state index in [9.17, 15) is 8.42 Å². The van der Waals surface area contributed by atoms with Crippen molar-refractivity contribution in [3.8, 4) is 0 Å². The number of rotatable bonds is 6. The summed E-state index contributed by atoms with van der Waals surface area (Å²) in [5, 5.41) is 0. The standard InChI is InChI=1S/C16H23NO2S/c1-3-13-17(15-7-5-6-8-15)20(18,19)16-11-9-14(4-2)10-12-16/h3,9-12,15H,1,4-8,13H2,2H3. The summed E-state index contributed by atoms with van der Waals surface area (Å²) in [6, 6.07) is 7.36. The fourth-order valence-corrected chi connectivity index (χ4v) is 4.45. The summed E-state index contributed by atoms with van der Waals surface area (Å²) in [6.07, 6.45) is 6.74. The van der Waals surface area contributed by atoms with E-state index in [-0.39, 0.29) is 6.04 Å². The number of aryl methyl sites for hydroxylation is 1. The van der Waals surface area contributed by atoms with Crippen LogP contribution in [0.2, 0.25) is 0 Å². The van der Waals surface area contributed by atoms with Crippen molar-refractivity contribution in [1.29, 1.82) is 0 Å². The first-order valence-electron chi connectivity index (χ1n) is 7.31. The number of hydrogen-bond donors (Lipinski definition) is 0. The van der Waals surface area contributed by atoms with Gasteiger partial charge in [-0.3, -0.25) is 0 Å². The summed E-state index contributed by atoms with van der Waals surface area (Å²) in [7, 11) is -3.41. The van der Waals surface area contributed by atoms with Gasteiger partial charge in [-0.2, -0.15) is 4.31 Å². The molecule has 2 rings (SSSR count). The SMILES string of the molecule is C=CCN(C1CCCC1)S(=O)(=O)c1ccc(CC)cc1. The highest BCUT2D eigenvalue weighted by molar-refractivity contribution is 7.89. The predicted molar refractivity (Wildman–Crippen MR) is 82.2 cm³/mol. The molecule has 0 aliphatic heterocycles. The summed E-state index contributed by atoms with van der Waals surface area (Å²) in [6.45, 7) is 6.15. The van der Waals surface area contributed by atoms with Crippen LogP contribution in [0.3, 0.4) is 0 Å². The van der Waals surface area contributed by atoms with Gasteiger partial charge in [0.15, 0.2) is 0 Å². The number of sulfonamides is 1. The van der Waals surface area contributed by atoms with Crippen molar-refractivity contribution in [2.45, 2.75) is 50.0 Å². The zero-order valence-corrected chi connectivity index (χ0v) is 12.9. The third-order valence-corrected chi connectivity index (χ3v) is 5.91. The Morgan fingerprint density at radius 1 is 1.25 bits per heavy atom. The molecule has 0 amide bonds. The first-order valence-corrected chi connectivity index (χ1v) is 8.75. The van der Waals surface area contributed by atoms with Crippen molar-refractivity contribution in [3.63, 3.8) is 0 Å². The number of benzene rings is 1. The summed E-state index contributed by atoms with van der Waals surface area (Å²) in [4.78, 5) is 0.392. The normalized spacial score (nSPS) is 16.7. The molecular weight excluding hydrogens is 270 g/mol. The zero-order chi connectivity index (χ0) is 14.6. The molecule has 0 heterocycles. The fraction of sp³-hybridized carbons (Fsp3) is 0.500. The minimum absolute atomic E-state index is 0.129. The second-order valence-corrected chi connectivity index (χ2v) is 7.19. The maximum Gasteiger partial charge on any atom is 0.243 e. The Bertz CT molecular complexity index is 542. The Morgan fingerprint density at radius 2 is 1.85 bits per heavy atom. The van der Waals surface area contributed by atoms with Crippen molar-refractivity contribution in [1.82, 2.24) is 4.31 Å². The minimum Gasteiger partial charge on any atom is -0.207 e. The van der Waals surface area contributed by atoms with E-state index in [2.05, 4.69) is 13.5 Å². The number of hydrogen-bond acceptors (Lipinski definition) is 2. The third kappa shape index (κ3) is 3.13. The Labute approximate surface area is 122 Å². The van der Waals surface area contributed by atoms with Gasteiger partial charge in [-0.05, 0) is 37.0 Å². The average Bonchev–Trinajstić information content (AvgIpc) is 2.98. The van der Waals surface area contributed by atoms with Crippen LogP contribution in [0.5, 0.6) is 0 Å². The van der Waals surface area contributed by atoms with E-state index < -0.39 is 10.0 Å². The second-order valence-electron chi connectivity index (χ2n) is 5.30. The van der Waals surface area contributed by atoms with E-state index in [0.717, 1.165) is 37.7 Å². The highest BCUT2D eigenvalue weighted by Gasteiger charge is 2.32. The van der Waals surface area contributed by atoms with Gasteiger partial charge in [0.25, 0.3) is 0 Å². The molecule has 0 unspecified atom stereocenters.